The topological polar surface area (TPSA) is 60.2 Å². The molecule has 0 spiro atoms. The van der Waals surface area contributed by atoms with Crippen LogP contribution in [0.5, 0.6) is 0 Å². The van der Waals surface area contributed by atoms with Gasteiger partial charge in [-0.2, -0.15) is 0 Å². The molecule has 0 saturated heterocycles. The lowest BCUT2D eigenvalue weighted by Gasteiger charge is -2.05. The van der Waals surface area contributed by atoms with Gasteiger partial charge in [-0.05, 0) is 18.1 Å². The Balaban J connectivity index is 1.91. The van der Waals surface area contributed by atoms with Gasteiger partial charge in [-0.1, -0.05) is 66.7 Å². The Bertz CT molecular complexity index is 900. The third-order valence-corrected chi connectivity index (χ3v) is 3.92. The number of rotatable bonds is 4. The zero-order valence-corrected chi connectivity index (χ0v) is 13.1. The van der Waals surface area contributed by atoms with Gasteiger partial charge in [0.05, 0.1) is 4.92 Å². The number of benzene rings is 3. The van der Waals surface area contributed by atoms with Crippen LogP contribution in [0, 0.1) is 17.0 Å². The minimum atomic E-state index is -0.468. The van der Waals surface area contributed by atoms with E-state index in [0.29, 0.717) is 16.7 Å². The minimum Gasteiger partial charge on any atom is -0.289 e. The van der Waals surface area contributed by atoms with Crippen molar-refractivity contribution in [3.8, 4) is 11.1 Å². The molecule has 3 aromatic carbocycles. The first-order valence-electron chi connectivity index (χ1n) is 7.51. The van der Waals surface area contributed by atoms with Crippen LogP contribution < -0.4 is 0 Å². The molecule has 0 aromatic heterocycles. The summed E-state index contributed by atoms with van der Waals surface area (Å²) < 4.78 is 0. The van der Waals surface area contributed by atoms with E-state index in [9.17, 15) is 14.9 Å². The second-order valence-corrected chi connectivity index (χ2v) is 5.53. The molecule has 0 aliphatic rings. The fourth-order valence-electron chi connectivity index (χ4n) is 2.56. The molecule has 4 nitrogen and oxygen atoms in total. The summed E-state index contributed by atoms with van der Waals surface area (Å²) in [7, 11) is 0. The van der Waals surface area contributed by atoms with Crippen LogP contribution >= 0.6 is 0 Å². The maximum Gasteiger partial charge on any atom is 0.273 e. The van der Waals surface area contributed by atoms with E-state index >= 15 is 0 Å². The third kappa shape index (κ3) is 3.08. The van der Waals surface area contributed by atoms with Gasteiger partial charge in [0.2, 0.25) is 0 Å². The van der Waals surface area contributed by atoms with Crippen LogP contribution in [0.3, 0.4) is 0 Å². The SMILES string of the molecule is Cc1ccc(C(=O)c2ccc(-c3ccccc3)cc2)cc1[N+](=O)[O-]. The first-order chi connectivity index (χ1) is 11.6. The molecule has 0 atom stereocenters. The van der Waals surface area contributed by atoms with E-state index in [1.54, 1.807) is 31.2 Å². The molecule has 24 heavy (non-hydrogen) atoms. The summed E-state index contributed by atoms with van der Waals surface area (Å²) in [6, 6.07) is 21.7. The number of hydrogen-bond acceptors (Lipinski definition) is 3. The van der Waals surface area contributed by atoms with Gasteiger partial charge < -0.3 is 0 Å². The summed E-state index contributed by atoms with van der Waals surface area (Å²) >= 11 is 0. The highest BCUT2D eigenvalue weighted by Gasteiger charge is 2.16. The lowest BCUT2D eigenvalue weighted by molar-refractivity contribution is -0.385. The maximum absolute atomic E-state index is 12.6. The summed E-state index contributed by atoms with van der Waals surface area (Å²) in [6.45, 7) is 1.65. The van der Waals surface area contributed by atoms with E-state index < -0.39 is 4.92 Å². The lowest BCUT2D eigenvalue weighted by Crippen LogP contribution is -2.03. The Morgan fingerprint density at radius 1 is 0.833 bits per heavy atom. The number of carbonyl (C=O) groups is 1. The van der Waals surface area contributed by atoms with Crippen molar-refractivity contribution in [3.05, 3.63) is 99.6 Å². The first kappa shape index (κ1) is 15.6. The molecule has 0 fully saturated rings. The molecule has 0 aliphatic heterocycles. The van der Waals surface area contributed by atoms with Crippen LogP contribution in [0.2, 0.25) is 0 Å². The molecule has 0 heterocycles. The summed E-state index contributed by atoms with van der Waals surface area (Å²) in [5.74, 6) is -0.224. The smallest absolute Gasteiger partial charge is 0.273 e. The molecule has 3 aromatic rings. The summed E-state index contributed by atoms with van der Waals surface area (Å²) in [4.78, 5) is 23.1. The van der Waals surface area contributed by atoms with Gasteiger partial charge in [-0.15, -0.1) is 0 Å². The Morgan fingerprint density at radius 2 is 1.42 bits per heavy atom. The monoisotopic (exact) mass is 317 g/mol. The largest absolute Gasteiger partial charge is 0.289 e. The molecule has 3 rings (SSSR count). The van der Waals surface area contributed by atoms with Gasteiger partial charge >= 0.3 is 0 Å². The van der Waals surface area contributed by atoms with Crippen molar-refractivity contribution in [2.45, 2.75) is 6.92 Å². The molecule has 0 unspecified atom stereocenters. The molecule has 4 heteroatoms. The number of hydrogen-bond donors (Lipinski definition) is 0. The molecule has 118 valence electrons. The minimum absolute atomic E-state index is 0.0400. The Morgan fingerprint density at radius 3 is 2.04 bits per heavy atom. The summed E-state index contributed by atoms with van der Waals surface area (Å²) in [6.07, 6.45) is 0. The normalized spacial score (nSPS) is 10.4. The van der Waals surface area contributed by atoms with Crippen LogP contribution in [-0.2, 0) is 0 Å². The highest BCUT2D eigenvalue weighted by atomic mass is 16.6. The van der Waals surface area contributed by atoms with E-state index in [1.807, 2.05) is 42.5 Å². The number of nitrogens with zero attached hydrogens (tertiary/aromatic N) is 1. The van der Waals surface area contributed by atoms with Crippen molar-refractivity contribution >= 4 is 11.5 Å². The zero-order chi connectivity index (χ0) is 17.1. The van der Waals surface area contributed by atoms with Gasteiger partial charge in [0, 0.05) is 22.8 Å². The van der Waals surface area contributed by atoms with E-state index in [2.05, 4.69) is 0 Å². The maximum atomic E-state index is 12.6. The summed E-state index contributed by atoms with van der Waals surface area (Å²) in [5, 5.41) is 11.0. The van der Waals surface area contributed by atoms with E-state index in [4.69, 9.17) is 0 Å². The molecule has 0 N–H and O–H groups in total. The van der Waals surface area contributed by atoms with E-state index in [-0.39, 0.29) is 11.5 Å². The molecular formula is C20H15NO3. The molecular weight excluding hydrogens is 302 g/mol. The van der Waals surface area contributed by atoms with Crippen LogP contribution in [0.4, 0.5) is 5.69 Å². The fraction of sp³-hybridized carbons (Fsp3) is 0.0500. The Hall–Kier alpha value is -3.27. The van der Waals surface area contributed by atoms with Gasteiger partial charge in [0.25, 0.3) is 5.69 Å². The summed E-state index contributed by atoms with van der Waals surface area (Å²) in [5.41, 5.74) is 3.41. The van der Waals surface area contributed by atoms with Crippen molar-refractivity contribution in [3.63, 3.8) is 0 Å². The van der Waals surface area contributed by atoms with Crippen molar-refractivity contribution in [2.75, 3.05) is 0 Å². The van der Waals surface area contributed by atoms with Crippen molar-refractivity contribution in [1.29, 1.82) is 0 Å². The molecule has 0 amide bonds. The Labute approximate surface area is 139 Å². The molecule has 0 aliphatic carbocycles. The van der Waals surface area contributed by atoms with Crippen molar-refractivity contribution < 1.29 is 9.72 Å². The lowest BCUT2D eigenvalue weighted by atomic mass is 9.98. The van der Waals surface area contributed by atoms with E-state index in [1.165, 1.54) is 6.07 Å². The van der Waals surface area contributed by atoms with E-state index in [0.717, 1.165) is 11.1 Å². The average molecular weight is 317 g/mol. The number of nitro benzene ring substituents is 1. The van der Waals surface area contributed by atoms with Crippen LogP contribution in [0.25, 0.3) is 11.1 Å². The third-order valence-electron chi connectivity index (χ3n) is 3.92. The number of carbonyl (C=O) groups excluding carboxylic acids is 1. The van der Waals surface area contributed by atoms with Crippen molar-refractivity contribution in [2.24, 2.45) is 0 Å². The van der Waals surface area contributed by atoms with Gasteiger partial charge in [0.1, 0.15) is 0 Å². The quantitative estimate of drug-likeness (QED) is 0.394. The standard InChI is InChI=1S/C20H15NO3/c1-14-7-8-18(13-19(14)21(23)24)20(22)17-11-9-16(10-12-17)15-5-3-2-4-6-15/h2-13H,1H3. The number of aryl methyl sites for hydroxylation is 1. The van der Waals surface area contributed by atoms with Gasteiger partial charge in [-0.25, -0.2) is 0 Å². The molecule has 0 bridgehead atoms. The van der Waals surface area contributed by atoms with Crippen molar-refractivity contribution in [1.82, 2.24) is 0 Å². The van der Waals surface area contributed by atoms with Crippen LogP contribution in [-0.4, -0.2) is 10.7 Å². The number of nitro groups is 1. The van der Waals surface area contributed by atoms with Crippen LogP contribution in [0.1, 0.15) is 21.5 Å². The average Bonchev–Trinajstić information content (AvgIpc) is 2.62. The molecule has 0 saturated carbocycles. The Kier molecular flexibility index (Phi) is 4.20. The first-order valence-corrected chi connectivity index (χ1v) is 7.51. The second kappa shape index (κ2) is 6.46. The highest BCUT2D eigenvalue weighted by Crippen LogP contribution is 2.23. The molecule has 0 radical (unpaired) electrons. The number of ketones is 1. The zero-order valence-electron chi connectivity index (χ0n) is 13.1. The fourth-order valence-corrected chi connectivity index (χ4v) is 2.56. The van der Waals surface area contributed by atoms with Crippen LogP contribution in [0.15, 0.2) is 72.8 Å². The predicted molar refractivity (Wildman–Crippen MR) is 93.1 cm³/mol. The highest BCUT2D eigenvalue weighted by molar-refractivity contribution is 6.09. The predicted octanol–water partition coefficient (Wildman–Crippen LogP) is 4.80. The second-order valence-electron chi connectivity index (χ2n) is 5.53. The van der Waals surface area contributed by atoms with Gasteiger partial charge in [0.15, 0.2) is 5.78 Å². The van der Waals surface area contributed by atoms with Gasteiger partial charge in [-0.3, -0.25) is 14.9 Å².